The van der Waals surface area contributed by atoms with E-state index in [0.29, 0.717) is 0 Å². The van der Waals surface area contributed by atoms with Gasteiger partial charge in [-0.05, 0) is 43.7 Å². The van der Waals surface area contributed by atoms with Gasteiger partial charge in [-0.15, -0.1) is 0 Å². The molecule has 1 amide bonds. The molecule has 0 aliphatic carbocycles. The molecule has 24 heavy (non-hydrogen) atoms. The summed E-state index contributed by atoms with van der Waals surface area (Å²) in [6.07, 6.45) is 2.19. The van der Waals surface area contributed by atoms with Crippen molar-refractivity contribution in [1.29, 1.82) is 0 Å². The molecule has 0 unspecified atom stereocenters. The summed E-state index contributed by atoms with van der Waals surface area (Å²) in [6, 6.07) is 8.57. The van der Waals surface area contributed by atoms with Crippen molar-refractivity contribution in [2.75, 3.05) is 44.2 Å². The molecule has 1 aliphatic rings. The van der Waals surface area contributed by atoms with Crippen molar-refractivity contribution in [3.05, 3.63) is 28.7 Å². The summed E-state index contributed by atoms with van der Waals surface area (Å²) >= 11 is 3.49. The second kappa shape index (κ2) is 8.86. The second-order valence-corrected chi connectivity index (χ2v) is 8.43. The summed E-state index contributed by atoms with van der Waals surface area (Å²) in [5.74, 6) is 0.144. The van der Waals surface area contributed by atoms with Gasteiger partial charge in [0.15, 0.2) is 0 Å². The molecule has 0 bridgehead atoms. The Hall–Kier alpha value is -1.07. The van der Waals surface area contributed by atoms with Crippen LogP contribution in [0.25, 0.3) is 0 Å². The third-order valence-corrected chi connectivity index (χ3v) is 4.96. The third kappa shape index (κ3) is 6.10. The molecule has 1 N–H and O–H groups in total. The number of piperazine rings is 1. The van der Waals surface area contributed by atoms with Crippen LogP contribution in [0.2, 0.25) is 0 Å². The van der Waals surface area contributed by atoms with Gasteiger partial charge in [0.2, 0.25) is 5.91 Å². The smallest absolute Gasteiger partial charge is 0.225 e. The maximum atomic E-state index is 11.8. The van der Waals surface area contributed by atoms with Gasteiger partial charge < -0.3 is 10.2 Å². The van der Waals surface area contributed by atoms with Gasteiger partial charge in [-0.1, -0.05) is 36.7 Å². The summed E-state index contributed by atoms with van der Waals surface area (Å²) in [6.45, 7) is 12.2. The SMILES string of the molecule is CC(C)(C)C(=O)NCCCCN1CCN(c2ccc(Br)cc2)CC1. The first-order valence-electron chi connectivity index (χ1n) is 8.87. The van der Waals surface area contributed by atoms with Crippen molar-refractivity contribution in [2.45, 2.75) is 33.6 Å². The average Bonchev–Trinajstić information content (AvgIpc) is 2.55. The minimum atomic E-state index is -0.288. The Morgan fingerprint density at radius 1 is 1.08 bits per heavy atom. The molecule has 0 spiro atoms. The van der Waals surface area contributed by atoms with Crippen molar-refractivity contribution in [3.8, 4) is 0 Å². The van der Waals surface area contributed by atoms with E-state index in [1.54, 1.807) is 0 Å². The van der Waals surface area contributed by atoms with Crippen molar-refractivity contribution in [3.63, 3.8) is 0 Å². The van der Waals surface area contributed by atoms with E-state index in [0.717, 1.165) is 56.6 Å². The summed E-state index contributed by atoms with van der Waals surface area (Å²) in [5.41, 5.74) is 1.02. The summed E-state index contributed by atoms with van der Waals surface area (Å²) < 4.78 is 1.13. The number of carbonyl (C=O) groups excluding carboxylic acids is 1. The van der Waals surface area contributed by atoms with Crippen LogP contribution < -0.4 is 10.2 Å². The molecule has 0 saturated carbocycles. The first-order valence-corrected chi connectivity index (χ1v) is 9.67. The number of hydrogen-bond acceptors (Lipinski definition) is 3. The zero-order valence-electron chi connectivity index (χ0n) is 15.1. The highest BCUT2D eigenvalue weighted by atomic mass is 79.9. The number of unbranched alkanes of at least 4 members (excludes halogenated alkanes) is 1. The van der Waals surface area contributed by atoms with Gasteiger partial charge in [0.25, 0.3) is 0 Å². The van der Waals surface area contributed by atoms with Crippen LogP contribution in [0.3, 0.4) is 0 Å². The number of anilines is 1. The molecule has 134 valence electrons. The van der Waals surface area contributed by atoms with E-state index < -0.39 is 0 Å². The largest absolute Gasteiger partial charge is 0.369 e. The molecule has 4 nitrogen and oxygen atoms in total. The van der Waals surface area contributed by atoms with Gasteiger partial charge in [-0.2, -0.15) is 0 Å². The van der Waals surface area contributed by atoms with Crippen LogP contribution in [0.1, 0.15) is 33.6 Å². The Labute approximate surface area is 154 Å². The lowest BCUT2D eigenvalue weighted by atomic mass is 9.96. The number of amides is 1. The van der Waals surface area contributed by atoms with Crippen LogP contribution >= 0.6 is 15.9 Å². The molecular weight excluding hydrogens is 366 g/mol. The van der Waals surface area contributed by atoms with Gasteiger partial charge in [0, 0.05) is 48.3 Å². The highest BCUT2D eigenvalue weighted by Gasteiger charge is 2.20. The van der Waals surface area contributed by atoms with Crippen LogP contribution in [-0.4, -0.2) is 50.1 Å². The van der Waals surface area contributed by atoms with Crippen molar-refractivity contribution in [1.82, 2.24) is 10.2 Å². The number of carbonyl (C=O) groups is 1. The molecule has 2 rings (SSSR count). The second-order valence-electron chi connectivity index (χ2n) is 7.52. The summed E-state index contributed by atoms with van der Waals surface area (Å²) in [4.78, 5) is 16.8. The lowest BCUT2D eigenvalue weighted by Crippen LogP contribution is -2.46. The quantitative estimate of drug-likeness (QED) is 0.748. The molecular formula is C19H30BrN3O. The van der Waals surface area contributed by atoms with Gasteiger partial charge >= 0.3 is 0 Å². The molecule has 0 radical (unpaired) electrons. The highest BCUT2D eigenvalue weighted by molar-refractivity contribution is 9.10. The summed E-state index contributed by atoms with van der Waals surface area (Å²) in [7, 11) is 0. The molecule has 1 fully saturated rings. The van der Waals surface area contributed by atoms with E-state index in [2.05, 4.69) is 55.3 Å². The van der Waals surface area contributed by atoms with E-state index in [4.69, 9.17) is 0 Å². The Morgan fingerprint density at radius 3 is 2.29 bits per heavy atom. The Balaban J connectivity index is 1.60. The molecule has 0 atom stereocenters. The van der Waals surface area contributed by atoms with E-state index >= 15 is 0 Å². The van der Waals surface area contributed by atoms with E-state index in [1.807, 2.05) is 20.8 Å². The molecule has 1 aromatic carbocycles. The summed E-state index contributed by atoms with van der Waals surface area (Å²) in [5, 5.41) is 3.02. The van der Waals surface area contributed by atoms with Crippen LogP contribution in [0.5, 0.6) is 0 Å². The Bertz CT molecular complexity index is 516. The Morgan fingerprint density at radius 2 is 1.71 bits per heavy atom. The maximum Gasteiger partial charge on any atom is 0.225 e. The number of halogens is 1. The highest BCUT2D eigenvalue weighted by Crippen LogP contribution is 2.19. The van der Waals surface area contributed by atoms with E-state index in [1.165, 1.54) is 5.69 Å². The number of nitrogens with zero attached hydrogens (tertiary/aromatic N) is 2. The molecule has 1 heterocycles. The van der Waals surface area contributed by atoms with Crippen LogP contribution in [0.4, 0.5) is 5.69 Å². The average molecular weight is 396 g/mol. The van der Waals surface area contributed by atoms with Crippen LogP contribution in [0.15, 0.2) is 28.7 Å². The fourth-order valence-electron chi connectivity index (χ4n) is 2.81. The van der Waals surface area contributed by atoms with Crippen LogP contribution in [0, 0.1) is 5.41 Å². The first-order chi connectivity index (χ1) is 11.4. The zero-order valence-corrected chi connectivity index (χ0v) is 16.7. The van der Waals surface area contributed by atoms with Crippen molar-refractivity contribution in [2.24, 2.45) is 5.41 Å². The lowest BCUT2D eigenvalue weighted by Gasteiger charge is -2.36. The molecule has 1 aromatic rings. The zero-order chi connectivity index (χ0) is 17.6. The molecule has 5 heteroatoms. The number of benzene rings is 1. The molecule has 1 aliphatic heterocycles. The van der Waals surface area contributed by atoms with Gasteiger partial charge in [0.05, 0.1) is 0 Å². The minimum absolute atomic E-state index is 0.144. The predicted molar refractivity (Wildman–Crippen MR) is 104 cm³/mol. The fourth-order valence-corrected chi connectivity index (χ4v) is 3.07. The minimum Gasteiger partial charge on any atom is -0.369 e. The topological polar surface area (TPSA) is 35.6 Å². The van der Waals surface area contributed by atoms with Crippen LogP contribution in [-0.2, 0) is 4.79 Å². The monoisotopic (exact) mass is 395 g/mol. The lowest BCUT2D eigenvalue weighted by molar-refractivity contribution is -0.128. The van der Waals surface area contributed by atoms with E-state index in [9.17, 15) is 4.79 Å². The molecule has 0 aromatic heterocycles. The number of nitrogens with one attached hydrogen (secondary N) is 1. The first kappa shape index (κ1) is 19.3. The van der Waals surface area contributed by atoms with Gasteiger partial charge in [0.1, 0.15) is 0 Å². The Kier molecular flexibility index (Phi) is 7.11. The van der Waals surface area contributed by atoms with E-state index in [-0.39, 0.29) is 11.3 Å². The normalized spacial score (nSPS) is 16.2. The van der Waals surface area contributed by atoms with Gasteiger partial charge in [-0.3, -0.25) is 9.69 Å². The standard InChI is InChI=1S/C19H30BrN3O/c1-19(2,3)18(24)21-10-4-5-11-22-12-14-23(15-13-22)17-8-6-16(20)7-9-17/h6-9H,4-5,10-15H2,1-3H3,(H,21,24). The van der Waals surface area contributed by atoms with Gasteiger partial charge in [-0.25, -0.2) is 0 Å². The third-order valence-electron chi connectivity index (χ3n) is 4.43. The van der Waals surface area contributed by atoms with Crippen molar-refractivity contribution >= 4 is 27.5 Å². The fraction of sp³-hybridized carbons (Fsp3) is 0.632. The maximum absolute atomic E-state index is 11.8. The number of hydrogen-bond donors (Lipinski definition) is 1. The predicted octanol–water partition coefficient (Wildman–Crippen LogP) is 3.51. The number of rotatable bonds is 6. The van der Waals surface area contributed by atoms with Crippen molar-refractivity contribution < 1.29 is 4.79 Å². The molecule has 1 saturated heterocycles.